The smallest absolute Gasteiger partial charge is 0.170 e. The summed E-state index contributed by atoms with van der Waals surface area (Å²) < 4.78 is 0. The van der Waals surface area contributed by atoms with Gasteiger partial charge in [0.05, 0.1) is 6.42 Å². The highest BCUT2D eigenvalue weighted by molar-refractivity contribution is 6.08. The lowest BCUT2D eigenvalue weighted by Gasteiger charge is -2.06. The summed E-state index contributed by atoms with van der Waals surface area (Å²) in [6.07, 6.45) is 10.4. The van der Waals surface area contributed by atoms with Gasteiger partial charge in [-0.3, -0.25) is 9.59 Å². The Morgan fingerprint density at radius 1 is 0.679 bits per heavy atom. The van der Waals surface area contributed by atoms with Gasteiger partial charge in [-0.15, -0.1) is 0 Å². The van der Waals surface area contributed by atoms with E-state index in [4.69, 9.17) is 0 Å². The van der Waals surface area contributed by atoms with E-state index in [-0.39, 0.29) is 18.0 Å². The Bertz CT molecular complexity index is 726. The van der Waals surface area contributed by atoms with Crippen LogP contribution in [0.25, 0.3) is 11.1 Å². The first-order valence-electron chi connectivity index (χ1n) is 10.9. The van der Waals surface area contributed by atoms with Crippen molar-refractivity contribution in [3.8, 4) is 11.1 Å². The van der Waals surface area contributed by atoms with Crippen LogP contribution in [-0.2, 0) is 11.2 Å². The van der Waals surface area contributed by atoms with Crippen molar-refractivity contribution in [2.75, 3.05) is 0 Å². The molecule has 2 aromatic rings. The number of hydrogen-bond acceptors (Lipinski definition) is 2. The average Bonchev–Trinajstić information content (AvgIpc) is 2.71. The number of hydrogen-bond donors (Lipinski definition) is 0. The van der Waals surface area contributed by atoms with Gasteiger partial charge in [0.2, 0.25) is 0 Å². The predicted molar refractivity (Wildman–Crippen MR) is 118 cm³/mol. The maximum absolute atomic E-state index is 12.2. The number of unbranched alkanes of at least 4 members (excludes halogenated alkanes) is 5. The van der Waals surface area contributed by atoms with Crippen molar-refractivity contribution >= 4 is 11.6 Å². The van der Waals surface area contributed by atoms with Gasteiger partial charge in [-0.25, -0.2) is 0 Å². The molecule has 150 valence electrons. The van der Waals surface area contributed by atoms with Crippen molar-refractivity contribution < 1.29 is 9.59 Å². The number of ketones is 2. The molecule has 0 heterocycles. The third-order valence-corrected chi connectivity index (χ3v) is 5.20. The molecule has 2 rings (SSSR count). The van der Waals surface area contributed by atoms with Crippen LogP contribution in [0, 0.1) is 0 Å². The van der Waals surface area contributed by atoms with Crippen LogP contribution < -0.4 is 0 Å². The maximum Gasteiger partial charge on any atom is 0.170 e. The normalized spacial score (nSPS) is 10.8. The summed E-state index contributed by atoms with van der Waals surface area (Å²) in [5, 5.41) is 0. The maximum atomic E-state index is 12.2. The molecule has 2 nitrogen and oxygen atoms in total. The highest BCUT2D eigenvalue weighted by Crippen LogP contribution is 2.22. The fourth-order valence-corrected chi connectivity index (χ4v) is 3.47. The molecule has 0 saturated heterocycles. The molecule has 28 heavy (non-hydrogen) atoms. The first kappa shape index (κ1) is 22.1. The molecule has 0 aliphatic heterocycles. The molecule has 0 aromatic heterocycles. The van der Waals surface area contributed by atoms with E-state index in [1.807, 2.05) is 31.2 Å². The molecule has 2 heteroatoms. The monoisotopic (exact) mass is 378 g/mol. The topological polar surface area (TPSA) is 34.1 Å². The van der Waals surface area contributed by atoms with E-state index < -0.39 is 0 Å². The summed E-state index contributed by atoms with van der Waals surface area (Å²) in [5.41, 5.74) is 4.27. The molecular weight excluding hydrogens is 344 g/mol. The summed E-state index contributed by atoms with van der Waals surface area (Å²) >= 11 is 0. The molecule has 0 aliphatic rings. The zero-order valence-electron chi connectivity index (χ0n) is 17.5. The van der Waals surface area contributed by atoms with Gasteiger partial charge in [0.25, 0.3) is 0 Å². The second-order valence-corrected chi connectivity index (χ2v) is 7.68. The van der Waals surface area contributed by atoms with Crippen LogP contribution in [0.5, 0.6) is 0 Å². The van der Waals surface area contributed by atoms with Crippen LogP contribution in [0.1, 0.15) is 87.6 Å². The van der Waals surface area contributed by atoms with E-state index in [1.165, 1.54) is 44.1 Å². The van der Waals surface area contributed by atoms with E-state index >= 15 is 0 Å². The molecule has 2 aromatic carbocycles. The number of rotatable bonds is 13. The third kappa shape index (κ3) is 7.42. The van der Waals surface area contributed by atoms with Gasteiger partial charge in [-0.1, -0.05) is 94.5 Å². The van der Waals surface area contributed by atoms with E-state index in [1.54, 1.807) is 0 Å². The highest BCUT2D eigenvalue weighted by atomic mass is 16.1. The summed E-state index contributed by atoms with van der Waals surface area (Å²) in [6, 6.07) is 16.4. The fourth-order valence-electron chi connectivity index (χ4n) is 3.47. The molecule has 0 amide bonds. The van der Waals surface area contributed by atoms with E-state index in [2.05, 4.69) is 31.2 Å². The quantitative estimate of drug-likeness (QED) is 0.210. The van der Waals surface area contributed by atoms with Crippen LogP contribution in [-0.4, -0.2) is 11.6 Å². The molecule has 0 spiro atoms. The number of aryl methyl sites for hydroxylation is 1. The summed E-state index contributed by atoms with van der Waals surface area (Å²) in [4.78, 5) is 23.9. The number of carbonyl (C=O) groups excluding carboxylic acids is 2. The fraction of sp³-hybridized carbons (Fsp3) is 0.462. The Hall–Kier alpha value is -2.22. The summed E-state index contributed by atoms with van der Waals surface area (Å²) in [6.45, 7) is 4.21. The van der Waals surface area contributed by atoms with Gasteiger partial charge in [-0.2, -0.15) is 0 Å². The van der Waals surface area contributed by atoms with Gasteiger partial charge in [0.1, 0.15) is 5.78 Å². The number of Topliss-reactive ketones (excluding diaryl/α,β-unsaturated/α-hetero) is 2. The Labute approximate surface area is 170 Å². The van der Waals surface area contributed by atoms with Gasteiger partial charge in [0, 0.05) is 12.0 Å². The first-order chi connectivity index (χ1) is 13.6. The largest absolute Gasteiger partial charge is 0.299 e. The number of benzene rings is 2. The van der Waals surface area contributed by atoms with Crippen LogP contribution in [0.3, 0.4) is 0 Å². The van der Waals surface area contributed by atoms with E-state index in [0.717, 1.165) is 24.0 Å². The standard InChI is InChI=1S/C26H34O2/c1-3-5-6-7-8-9-11-21-12-14-22(15-13-21)23-16-18-24(19-17-23)26(28)20-25(27)10-4-2/h12-19H,3-11,20H2,1-2H3. The lowest BCUT2D eigenvalue weighted by atomic mass is 9.98. The van der Waals surface area contributed by atoms with Crippen molar-refractivity contribution in [2.45, 2.75) is 78.1 Å². The highest BCUT2D eigenvalue weighted by Gasteiger charge is 2.11. The Balaban J connectivity index is 1.86. The molecule has 0 radical (unpaired) electrons. The summed E-state index contributed by atoms with van der Waals surface area (Å²) in [7, 11) is 0. The molecular formula is C26H34O2. The van der Waals surface area contributed by atoms with Crippen molar-refractivity contribution in [1.29, 1.82) is 0 Å². The summed E-state index contributed by atoms with van der Waals surface area (Å²) in [5.74, 6) is -0.0585. The number of carbonyl (C=O) groups is 2. The van der Waals surface area contributed by atoms with Crippen LogP contribution in [0.2, 0.25) is 0 Å². The Morgan fingerprint density at radius 3 is 1.86 bits per heavy atom. The second-order valence-electron chi connectivity index (χ2n) is 7.68. The molecule has 0 aliphatic carbocycles. The Kier molecular flexibility index (Phi) is 9.68. The molecule has 0 N–H and O–H groups in total. The van der Waals surface area contributed by atoms with Gasteiger partial charge >= 0.3 is 0 Å². The van der Waals surface area contributed by atoms with E-state index in [9.17, 15) is 9.59 Å². The van der Waals surface area contributed by atoms with Crippen molar-refractivity contribution in [1.82, 2.24) is 0 Å². The molecule has 0 saturated carbocycles. The lowest BCUT2D eigenvalue weighted by molar-refractivity contribution is -0.118. The van der Waals surface area contributed by atoms with Crippen molar-refractivity contribution in [3.63, 3.8) is 0 Å². The van der Waals surface area contributed by atoms with Crippen molar-refractivity contribution in [2.24, 2.45) is 0 Å². The zero-order chi connectivity index (χ0) is 20.2. The zero-order valence-corrected chi connectivity index (χ0v) is 17.5. The minimum Gasteiger partial charge on any atom is -0.299 e. The minimum atomic E-state index is -0.0840. The average molecular weight is 379 g/mol. The van der Waals surface area contributed by atoms with Gasteiger partial charge in [-0.05, 0) is 36.0 Å². The molecule has 0 bridgehead atoms. The SMILES string of the molecule is CCCCCCCCc1ccc(-c2ccc(C(=O)CC(=O)CCC)cc2)cc1. The van der Waals surface area contributed by atoms with E-state index in [0.29, 0.717) is 12.0 Å². The first-order valence-corrected chi connectivity index (χ1v) is 10.9. The van der Waals surface area contributed by atoms with Crippen molar-refractivity contribution in [3.05, 3.63) is 59.7 Å². The van der Waals surface area contributed by atoms with Crippen LogP contribution in [0.4, 0.5) is 0 Å². The second kappa shape index (κ2) is 12.3. The van der Waals surface area contributed by atoms with Gasteiger partial charge in [0.15, 0.2) is 5.78 Å². The molecule has 0 atom stereocenters. The third-order valence-electron chi connectivity index (χ3n) is 5.20. The van der Waals surface area contributed by atoms with Crippen LogP contribution >= 0.6 is 0 Å². The lowest BCUT2D eigenvalue weighted by Crippen LogP contribution is -2.07. The Morgan fingerprint density at radius 2 is 1.25 bits per heavy atom. The minimum absolute atomic E-state index is 0.0142. The van der Waals surface area contributed by atoms with Crippen LogP contribution in [0.15, 0.2) is 48.5 Å². The van der Waals surface area contributed by atoms with Gasteiger partial charge < -0.3 is 0 Å². The molecule has 0 fully saturated rings. The molecule has 0 unspecified atom stereocenters. The predicted octanol–water partition coefficient (Wildman–Crippen LogP) is 7.20.